The Morgan fingerprint density at radius 1 is 1.29 bits per heavy atom. The maximum absolute atomic E-state index is 11.1. The van der Waals surface area contributed by atoms with Crippen LogP contribution in [0.3, 0.4) is 0 Å². The second-order valence-electron chi connectivity index (χ2n) is 4.80. The summed E-state index contributed by atoms with van der Waals surface area (Å²) in [7, 11) is 1.62. The van der Waals surface area contributed by atoms with Gasteiger partial charge in [-0.15, -0.1) is 0 Å². The topological polar surface area (TPSA) is 52.4 Å². The van der Waals surface area contributed by atoms with Gasteiger partial charge in [-0.3, -0.25) is 10.1 Å². The van der Waals surface area contributed by atoms with Gasteiger partial charge in [-0.1, -0.05) is 51.8 Å². The minimum Gasteiger partial charge on any atom is -0.496 e. The van der Waals surface area contributed by atoms with Crippen molar-refractivity contribution in [3.05, 3.63) is 69.3 Å². The lowest BCUT2D eigenvalue weighted by Gasteiger charge is -2.15. The number of nitrogens with zero attached hydrogens (tertiary/aromatic N) is 1. The Kier molecular flexibility index (Phi) is 4.96. The van der Waals surface area contributed by atoms with Crippen molar-refractivity contribution in [3.8, 4) is 5.75 Å². The first-order valence-electron chi connectivity index (χ1n) is 6.54. The number of halogens is 1. The highest BCUT2D eigenvalue weighted by Crippen LogP contribution is 2.36. The minimum atomic E-state index is -0.345. The van der Waals surface area contributed by atoms with Gasteiger partial charge in [-0.2, -0.15) is 0 Å². The van der Waals surface area contributed by atoms with Crippen LogP contribution >= 0.6 is 15.9 Å². The third kappa shape index (κ3) is 3.61. The number of nitro groups is 1. The van der Waals surface area contributed by atoms with Crippen molar-refractivity contribution in [3.63, 3.8) is 0 Å². The van der Waals surface area contributed by atoms with E-state index >= 15 is 0 Å². The third-order valence-corrected chi connectivity index (χ3v) is 4.13. The van der Waals surface area contributed by atoms with Crippen LogP contribution in [0.25, 0.3) is 0 Å². The van der Waals surface area contributed by atoms with Crippen molar-refractivity contribution in [2.75, 3.05) is 7.11 Å². The second kappa shape index (κ2) is 6.72. The van der Waals surface area contributed by atoms with Crippen LogP contribution in [0.4, 0.5) is 5.69 Å². The van der Waals surface area contributed by atoms with Gasteiger partial charge in [0.05, 0.1) is 12.0 Å². The predicted molar refractivity (Wildman–Crippen MR) is 86.2 cm³/mol. The maximum Gasteiger partial charge on any atom is 0.272 e. The molecule has 0 spiro atoms. The SMILES string of the molecule is COc1ccc(C)cc1C(Br)Cc1ccccc1[N+](=O)[O-]. The van der Waals surface area contributed by atoms with E-state index in [2.05, 4.69) is 15.9 Å². The molecule has 0 aliphatic heterocycles. The molecule has 110 valence electrons. The summed E-state index contributed by atoms with van der Waals surface area (Å²) < 4.78 is 5.37. The van der Waals surface area contributed by atoms with E-state index in [0.717, 1.165) is 16.9 Å². The fourth-order valence-electron chi connectivity index (χ4n) is 2.26. The number of aryl methyl sites for hydroxylation is 1. The first kappa shape index (κ1) is 15.5. The van der Waals surface area contributed by atoms with Gasteiger partial charge in [0.1, 0.15) is 5.75 Å². The molecule has 0 saturated heterocycles. The molecule has 0 aliphatic rings. The predicted octanol–water partition coefficient (Wildman–Crippen LogP) is 4.59. The summed E-state index contributed by atoms with van der Waals surface area (Å²) >= 11 is 3.63. The van der Waals surface area contributed by atoms with Crippen LogP contribution in [-0.2, 0) is 6.42 Å². The zero-order valence-corrected chi connectivity index (χ0v) is 13.5. The lowest BCUT2D eigenvalue weighted by atomic mass is 10.0. The highest BCUT2D eigenvalue weighted by molar-refractivity contribution is 9.09. The number of hydrogen-bond acceptors (Lipinski definition) is 3. The molecule has 0 fully saturated rings. The van der Waals surface area contributed by atoms with Gasteiger partial charge in [0.15, 0.2) is 0 Å². The van der Waals surface area contributed by atoms with Crippen LogP contribution < -0.4 is 4.74 Å². The zero-order chi connectivity index (χ0) is 15.4. The quantitative estimate of drug-likeness (QED) is 0.450. The number of nitro benzene ring substituents is 1. The molecule has 0 bridgehead atoms. The number of rotatable bonds is 5. The molecule has 0 N–H and O–H groups in total. The fourth-order valence-corrected chi connectivity index (χ4v) is 2.97. The van der Waals surface area contributed by atoms with Crippen molar-refractivity contribution in [2.45, 2.75) is 18.2 Å². The normalized spacial score (nSPS) is 12.0. The Balaban J connectivity index is 2.32. The maximum atomic E-state index is 11.1. The molecular weight excluding hydrogens is 334 g/mol. The van der Waals surface area contributed by atoms with Gasteiger partial charge in [0, 0.05) is 22.0 Å². The van der Waals surface area contributed by atoms with Crippen LogP contribution in [-0.4, -0.2) is 12.0 Å². The molecule has 4 nitrogen and oxygen atoms in total. The molecule has 0 amide bonds. The Labute approximate surface area is 132 Å². The second-order valence-corrected chi connectivity index (χ2v) is 5.91. The van der Waals surface area contributed by atoms with E-state index in [4.69, 9.17) is 4.74 Å². The summed E-state index contributed by atoms with van der Waals surface area (Å²) in [6.45, 7) is 2.01. The Bertz CT molecular complexity index is 658. The molecular formula is C16H16BrNO3. The lowest BCUT2D eigenvalue weighted by Crippen LogP contribution is -2.02. The largest absolute Gasteiger partial charge is 0.496 e. The monoisotopic (exact) mass is 349 g/mol. The van der Waals surface area contributed by atoms with E-state index < -0.39 is 0 Å². The van der Waals surface area contributed by atoms with E-state index in [1.165, 1.54) is 6.07 Å². The first-order chi connectivity index (χ1) is 10.0. The molecule has 2 aromatic carbocycles. The zero-order valence-electron chi connectivity index (χ0n) is 11.9. The molecule has 0 heterocycles. The van der Waals surface area contributed by atoms with Gasteiger partial charge in [-0.25, -0.2) is 0 Å². The highest BCUT2D eigenvalue weighted by Gasteiger charge is 2.19. The molecule has 2 aromatic rings. The van der Waals surface area contributed by atoms with Crippen LogP contribution in [0.5, 0.6) is 5.75 Å². The van der Waals surface area contributed by atoms with Gasteiger partial charge < -0.3 is 4.74 Å². The Morgan fingerprint density at radius 2 is 2.00 bits per heavy atom. The van der Waals surface area contributed by atoms with Gasteiger partial charge in [0.25, 0.3) is 5.69 Å². The van der Waals surface area contributed by atoms with Gasteiger partial charge in [0.2, 0.25) is 0 Å². The molecule has 1 atom stereocenters. The molecule has 0 aliphatic carbocycles. The summed E-state index contributed by atoms with van der Waals surface area (Å²) in [5.41, 5.74) is 2.97. The van der Waals surface area contributed by atoms with E-state index in [0.29, 0.717) is 12.0 Å². The Morgan fingerprint density at radius 3 is 2.67 bits per heavy atom. The lowest BCUT2D eigenvalue weighted by molar-refractivity contribution is -0.385. The van der Waals surface area contributed by atoms with Crippen LogP contribution in [0.15, 0.2) is 42.5 Å². The standard InChI is InChI=1S/C16H16BrNO3/c1-11-7-8-16(21-2)13(9-11)14(17)10-12-5-3-4-6-15(12)18(19)20/h3-9,14H,10H2,1-2H3. The molecule has 1 unspecified atom stereocenters. The molecule has 21 heavy (non-hydrogen) atoms. The van der Waals surface area contributed by atoms with Crippen LogP contribution in [0.1, 0.15) is 21.5 Å². The van der Waals surface area contributed by atoms with Crippen molar-refractivity contribution in [1.29, 1.82) is 0 Å². The van der Waals surface area contributed by atoms with Gasteiger partial charge in [-0.05, 0) is 19.4 Å². The summed E-state index contributed by atoms with van der Waals surface area (Å²) in [6, 6.07) is 12.7. The van der Waals surface area contributed by atoms with Crippen molar-refractivity contribution in [1.82, 2.24) is 0 Å². The van der Waals surface area contributed by atoms with E-state index in [-0.39, 0.29) is 15.4 Å². The number of para-hydroxylation sites is 1. The molecule has 0 saturated carbocycles. The van der Waals surface area contributed by atoms with Crippen molar-refractivity contribution >= 4 is 21.6 Å². The molecule has 2 rings (SSSR count). The summed E-state index contributed by atoms with van der Waals surface area (Å²) in [6.07, 6.45) is 0.525. The number of ether oxygens (including phenoxy) is 1. The fraction of sp³-hybridized carbons (Fsp3) is 0.250. The van der Waals surface area contributed by atoms with Crippen molar-refractivity contribution < 1.29 is 9.66 Å². The van der Waals surface area contributed by atoms with E-state index in [9.17, 15) is 10.1 Å². The molecule has 5 heteroatoms. The van der Waals surface area contributed by atoms with Crippen LogP contribution in [0, 0.1) is 17.0 Å². The number of alkyl halides is 1. The first-order valence-corrected chi connectivity index (χ1v) is 7.45. The summed E-state index contributed by atoms with van der Waals surface area (Å²) in [4.78, 5) is 10.7. The molecule has 0 aromatic heterocycles. The molecule has 0 radical (unpaired) electrons. The average molecular weight is 350 g/mol. The van der Waals surface area contributed by atoms with E-state index in [1.807, 2.05) is 31.2 Å². The van der Waals surface area contributed by atoms with Crippen molar-refractivity contribution in [2.24, 2.45) is 0 Å². The average Bonchev–Trinajstić information content (AvgIpc) is 2.47. The third-order valence-electron chi connectivity index (χ3n) is 3.31. The minimum absolute atomic E-state index is 0.0477. The van der Waals surface area contributed by atoms with E-state index in [1.54, 1.807) is 19.2 Å². The van der Waals surface area contributed by atoms with Gasteiger partial charge >= 0.3 is 0 Å². The highest BCUT2D eigenvalue weighted by atomic mass is 79.9. The Hall–Kier alpha value is -1.88. The number of methoxy groups -OCH3 is 1. The van der Waals surface area contributed by atoms with Crippen LogP contribution in [0.2, 0.25) is 0 Å². The smallest absolute Gasteiger partial charge is 0.272 e. The number of benzene rings is 2. The summed E-state index contributed by atoms with van der Waals surface area (Å²) in [5, 5.41) is 11.1. The number of hydrogen-bond donors (Lipinski definition) is 0. The summed E-state index contributed by atoms with van der Waals surface area (Å²) in [5.74, 6) is 0.779.